The van der Waals surface area contributed by atoms with Crippen molar-refractivity contribution in [2.45, 2.75) is 39.7 Å². The van der Waals surface area contributed by atoms with Gasteiger partial charge in [-0.1, -0.05) is 48.1 Å². The van der Waals surface area contributed by atoms with E-state index in [9.17, 15) is 5.11 Å². The molecule has 1 nitrogen and oxygen atoms in total. The van der Waals surface area contributed by atoms with E-state index in [4.69, 9.17) is 0 Å². The predicted molar refractivity (Wildman–Crippen MR) is 67.8 cm³/mol. The molecule has 0 radical (unpaired) electrons. The van der Waals surface area contributed by atoms with E-state index in [2.05, 4.69) is 26.5 Å². The van der Waals surface area contributed by atoms with E-state index >= 15 is 0 Å². The molecular formula is C14H22O. The van der Waals surface area contributed by atoms with Crippen molar-refractivity contribution in [3.63, 3.8) is 0 Å². The van der Waals surface area contributed by atoms with Crippen LogP contribution in [0, 0.1) is 0 Å². The van der Waals surface area contributed by atoms with E-state index in [-0.39, 0.29) is 6.10 Å². The van der Waals surface area contributed by atoms with Crippen molar-refractivity contribution in [3.05, 3.63) is 48.1 Å². The Morgan fingerprint density at radius 3 is 2.53 bits per heavy atom. The molecule has 0 aromatic heterocycles. The van der Waals surface area contributed by atoms with E-state index in [0.717, 1.165) is 18.4 Å². The molecule has 0 aromatic carbocycles. The molecule has 0 heterocycles. The normalized spacial score (nSPS) is 14.0. The Bertz CT molecular complexity index is 265. The van der Waals surface area contributed by atoms with Gasteiger partial charge in [0.15, 0.2) is 0 Å². The van der Waals surface area contributed by atoms with Crippen LogP contribution in [0.25, 0.3) is 0 Å². The highest BCUT2D eigenvalue weighted by Crippen LogP contribution is 2.03. The Morgan fingerprint density at radius 1 is 1.33 bits per heavy atom. The maximum Gasteiger partial charge on any atom is 0.0726 e. The Hall–Kier alpha value is -1.08. The summed E-state index contributed by atoms with van der Waals surface area (Å²) in [5.41, 5.74) is 2.40. The van der Waals surface area contributed by atoms with Crippen LogP contribution in [0.5, 0.6) is 0 Å². The second kappa shape index (κ2) is 8.25. The van der Waals surface area contributed by atoms with Gasteiger partial charge in [0.25, 0.3) is 0 Å². The second-order valence-electron chi connectivity index (χ2n) is 3.93. The lowest BCUT2D eigenvalue weighted by molar-refractivity contribution is 0.214. The van der Waals surface area contributed by atoms with E-state index in [1.807, 2.05) is 25.2 Å². The van der Waals surface area contributed by atoms with Crippen LogP contribution in [0.3, 0.4) is 0 Å². The molecule has 0 aromatic rings. The van der Waals surface area contributed by atoms with Crippen LogP contribution in [-0.2, 0) is 0 Å². The van der Waals surface area contributed by atoms with Crippen LogP contribution in [0.15, 0.2) is 48.1 Å². The first-order valence-electron chi connectivity index (χ1n) is 5.35. The second-order valence-corrected chi connectivity index (χ2v) is 3.93. The van der Waals surface area contributed by atoms with Crippen molar-refractivity contribution in [1.82, 2.24) is 0 Å². The lowest BCUT2D eigenvalue weighted by Crippen LogP contribution is -2.00. The third-order valence-electron chi connectivity index (χ3n) is 2.03. The van der Waals surface area contributed by atoms with Crippen molar-refractivity contribution in [3.8, 4) is 0 Å². The topological polar surface area (TPSA) is 20.2 Å². The summed E-state index contributed by atoms with van der Waals surface area (Å²) in [6, 6.07) is 0. The van der Waals surface area contributed by atoms with Crippen LogP contribution in [0.1, 0.15) is 33.6 Å². The lowest BCUT2D eigenvalue weighted by Gasteiger charge is -2.01. The fraction of sp³-hybridized carbons (Fsp3) is 0.429. The molecule has 1 N–H and O–H groups in total. The number of hydrogen-bond acceptors (Lipinski definition) is 1. The number of aliphatic hydroxyl groups is 1. The summed E-state index contributed by atoms with van der Waals surface area (Å²) < 4.78 is 0. The molecule has 0 spiro atoms. The molecule has 0 aliphatic carbocycles. The first kappa shape index (κ1) is 13.9. The third kappa shape index (κ3) is 9.23. The monoisotopic (exact) mass is 206 g/mol. The van der Waals surface area contributed by atoms with Crippen LogP contribution >= 0.6 is 0 Å². The van der Waals surface area contributed by atoms with E-state index < -0.39 is 0 Å². The van der Waals surface area contributed by atoms with Crippen molar-refractivity contribution < 1.29 is 5.11 Å². The molecule has 0 fully saturated rings. The van der Waals surface area contributed by atoms with Crippen LogP contribution < -0.4 is 0 Å². The molecule has 0 aliphatic rings. The predicted octanol–water partition coefficient (Wildman–Crippen LogP) is 3.78. The van der Waals surface area contributed by atoms with E-state index in [0.29, 0.717) is 0 Å². The summed E-state index contributed by atoms with van der Waals surface area (Å²) in [6.07, 6.45) is 10.9. The van der Waals surface area contributed by atoms with Gasteiger partial charge in [-0.3, -0.25) is 0 Å². The van der Waals surface area contributed by atoms with Crippen molar-refractivity contribution >= 4 is 0 Å². The van der Waals surface area contributed by atoms with E-state index in [1.54, 1.807) is 6.08 Å². The Labute approximate surface area is 93.5 Å². The quantitative estimate of drug-likeness (QED) is 0.518. The SMILES string of the molecule is C=C/C(C)=C/C=C/[C@H](O)CCC=C(C)C. The smallest absolute Gasteiger partial charge is 0.0726 e. The zero-order chi connectivity index (χ0) is 11.7. The molecule has 0 aliphatic heterocycles. The minimum Gasteiger partial charge on any atom is -0.389 e. The largest absolute Gasteiger partial charge is 0.389 e. The van der Waals surface area contributed by atoms with Gasteiger partial charge in [0, 0.05) is 0 Å². The average molecular weight is 206 g/mol. The zero-order valence-electron chi connectivity index (χ0n) is 10.0. The molecule has 0 saturated heterocycles. The molecule has 0 rings (SSSR count). The van der Waals surface area contributed by atoms with E-state index in [1.165, 1.54) is 5.57 Å². The fourth-order valence-electron chi connectivity index (χ4n) is 1.04. The standard InChI is InChI=1S/C14H22O/c1-5-13(4)9-7-11-14(15)10-6-8-12(2)3/h5,7-9,11,14-15H,1,6,10H2,2-4H3/b11-7+,13-9+/t14-/m1/s1. The summed E-state index contributed by atoms with van der Waals surface area (Å²) >= 11 is 0. The molecule has 0 amide bonds. The van der Waals surface area contributed by atoms with Crippen molar-refractivity contribution in [2.75, 3.05) is 0 Å². The molecule has 84 valence electrons. The van der Waals surface area contributed by atoms with Gasteiger partial charge in [-0.15, -0.1) is 0 Å². The Kier molecular flexibility index (Phi) is 7.65. The summed E-state index contributed by atoms with van der Waals surface area (Å²) in [7, 11) is 0. The molecule has 1 atom stereocenters. The van der Waals surface area contributed by atoms with Gasteiger partial charge in [0.1, 0.15) is 0 Å². The number of aliphatic hydroxyl groups excluding tert-OH is 1. The van der Waals surface area contributed by atoms with Gasteiger partial charge in [0.2, 0.25) is 0 Å². The number of allylic oxidation sites excluding steroid dienone is 6. The minimum atomic E-state index is -0.352. The average Bonchev–Trinajstić information content (AvgIpc) is 2.17. The number of hydrogen-bond donors (Lipinski definition) is 1. The minimum absolute atomic E-state index is 0.352. The highest BCUT2D eigenvalue weighted by Gasteiger charge is 1.95. The Morgan fingerprint density at radius 2 is 2.00 bits per heavy atom. The van der Waals surface area contributed by atoms with Gasteiger partial charge < -0.3 is 5.11 Å². The molecular weight excluding hydrogens is 184 g/mol. The highest BCUT2D eigenvalue weighted by molar-refractivity contribution is 5.20. The maximum absolute atomic E-state index is 9.58. The molecule has 0 unspecified atom stereocenters. The Balaban J connectivity index is 3.88. The van der Waals surface area contributed by atoms with Crippen LogP contribution in [-0.4, -0.2) is 11.2 Å². The third-order valence-corrected chi connectivity index (χ3v) is 2.03. The molecule has 0 bridgehead atoms. The summed E-state index contributed by atoms with van der Waals surface area (Å²) in [5.74, 6) is 0. The highest BCUT2D eigenvalue weighted by atomic mass is 16.3. The van der Waals surface area contributed by atoms with Crippen molar-refractivity contribution in [1.29, 1.82) is 0 Å². The molecule has 15 heavy (non-hydrogen) atoms. The molecule has 1 heteroatoms. The molecule has 0 saturated carbocycles. The first-order chi connectivity index (χ1) is 7.06. The first-order valence-corrected chi connectivity index (χ1v) is 5.35. The summed E-state index contributed by atoms with van der Waals surface area (Å²) in [5, 5.41) is 9.58. The van der Waals surface area contributed by atoms with Gasteiger partial charge in [-0.2, -0.15) is 0 Å². The van der Waals surface area contributed by atoms with Crippen molar-refractivity contribution in [2.24, 2.45) is 0 Å². The fourth-order valence-corrected chi connectivity index (χ4v) is 1.04. The van der Waals surface area contributed by atoms with Gasteiger partial charge in [0.05, 0.1) is 6.10 Å². The summed E-state index contributed by atoms with van der Waals surface area (Å²) in [4.78, 5) is 0. The summed E-state index contributed by atoms with van der Waals surface area (Å²) in [6.45, 7) is 9.77. The van der Waals surface area contributed by atoms with Crippen LogP contribution in [0.4, 0.5) is 0 Å². The maximum atomic E-state index is 9.58. The van der Waals surface area contributed by atoms with Gasteiger partial charge in [-0.25, -0.2) is 0 Å². The van der Waals surface area contributed by atoms with Gasteiger partial charge in [-0.05, 0) is 33.6 Å². The van der Waals surface area contributed by atoms with Gasteiger partial charge >= 0.3 is 0 Å². The zero-order valence-corrected chi connectivity index (χ0v) is 10.0. The van der Waals surface area contributed by atoms with Crippen LogP contribution in [0.2, 0.25) is 0 Å². The lowest BCUT2D eigenvalue weighted by atomic mass is 10.1. The number of rotatable bonds is 6.